The summed E-state index contributed by atoms with van der Waals surface area (Å²) in [5.41, 5.74) is 3.38. The maximum absolute atomic E-state index is 12.6. The van der Waals surface area contributed by atoms with Crippen LogP contribution in [-0.4, -0.2) is 20.1 Å². The Balaban J connectivity index is 1.55. The van der Waals surface area contributed by atoms with Crippen LogP contribution < -0.4 is 9.62 Å². The van der Waals surface area contributed by atoms with Crippen molar-refractivity contribution in [3.8, 4) is 0 Å². The second-order valence-electron chi connectivity index (χ2n) is 6.95. The first-order chi connectivity index (χ1) is 14.3. The van der Waals surface area contributed by atoms with E-state index in [0.717, 1.165) is 21.3 Å². The molecule has 3 aromatic carbocycles. The normalized spacial score (nSPS) is 16.7. The van der Waals surface area contributed by atoms with Gasteiger partial charge in [0, 0.05) is 15.8 Å². The second-order valence-corrected chi connectivity index (χ2v) is 10.6. The molecule has 0 aliphatic carbocycles. The van der Waals surface area contributed by atoms with Gasteiger partial charge in [0.2, 0.25) is 5.91 Å². The number of hydrogen-bond donors (Lipinski definition) is 1. The van der Waals surface area contributed by atoms with E-state index in [-0.39, 0.29) is 16.2 Å². The van der Waals surface area contributed by atoms with Crippen LogP contribution in [0.25, 0.3) is 0 Å². The molecule has 30 heavy (non-hydrogen) atoms. The monoisotopic (exact) mass is 502 g/mol. The number of benzene rings is 3. The highest BCUT2D eigenvalue weighted by Crippen LogP contribution is 2.42. The first kappa shape index (κ1) is 21.0. The number of amides is 1. The van der Waals surface area contributed by atoms with E-state index in [1.165, 1.54) is 0 Å². The minimum atomic E-state index is -3.67. The lowest BCUT2D eigenvalue weighted by molar-refractivity contribution is -0.115. The molecule has 4 rings (SSSR count). The Morgan fingerprint density at radius 3 is 2.40 bits per heavy atom. The summed E-state index contributed by atoms with van der Waals surface area (Å²) >= 11 is 4.87. The maximum atomic E-state index is 12.6. The van der Waals surface area contributed by atoms with E-state index in [9.17, 15) is 13.2 Å². The number of nitrogens with one attached hydrogen (secondary N) is 1. The number of hydrogen-bond acceptors (Lipinski definition) is 4. The Labute approximate surface area is 188 Å². The summed E-state index contributed by atoms with van der Waals surface area (Å²) in [4.78, 5) is 14.5. The number of halogens is 1. The largest absolute Gasteiger partial charge is 0.295 e. The van der Waals surface area contributed by atoms with E-state index < -0.39 is 10.0 Å². The second kappa shape index (κ2) is 8.45. The Morgan fingerprint density at radius 2 is 1.73 bits per heavy atom. The van der Waals surface area contributed by atoms with Crippen molar-refractivity contribution in [3.05, 3.63) is 88.4 Å². The van der Waals surface area contributed by atoms with Gasteiger partial charge in [-0.2, -0.15) is 0 Å². The molecule has 0 bridgehead atoms. The van der Waals surface area contributed by atoms with Gasteiger partial charge in [0.25, 0.3) is 10.0 Å². The van der Waals surface area contributed by atoms with Gasteiger partial charge in [-0.1, -0.05) is 40.2 Å². The number of aryl methyl sites for hydroxylation is 1. The number of carbonyl (C=O) groups excluding carboxylic acids is 1. The molecule has 1 atom stereocenters. The van der Waals surface area contributed by atoms with Crippen LogP contribution in [0.5, 0.6) is 0 Å². The Kier molecular flexibility index (Phi) is 5.90. The van der Waals surface area contributed by atoms with Crippen molar-refractivity contribution in [3.63, 3.8) is 0 Å². The SMILES string of the molecule is Cc1cccc(N2C(=O)CS[C@@H]2c2ccc(NS(=O)(=O)c3ccc(Br)cc3)cc2)c1. The zero-order valence-electron chi connectivity index (χ0n) is 16.1. The van der Waals surface area contributed by atoms with Crippen LogP contribution in [0.2, 0.25) is 0 Å². The molecule has 8 heteroatoms. The molecule has 0 spiro atoms. The average Bonchev–Trinajstić information content (AvgIpc) is 3.10. The van der Waals surface area contributed by atoms with Crippen molar-refractivity contribution in [2.24, 2.45) is 0 Å². The van der Waals surface area contributed by atoms with Crippen LogP contribution >= 0.6 is 27.7 Å². The van der Waals surface area contributed by atoms with Gasteiger partial charge in [-0.3, -0.25) is 14.4 Å². The van der Waals surface area contributed by atoms with E-state index in [0.29, 0.717) is 11.4 Å². The number of nitrogens with zero attached hydrogens (tertiary/aromatic N) is 1. The smallest absolute Gasteiger partial charge is 0.261 e. The summed E-state index contributed by atoms with van der Waals surface area (Å²) in [6, 6.07) is 21.5. The van der Waals surface area contributed by atoms with Crippen LogP contribution in [0.1, 0.15) is 16.5 Å². The van der Waals surface area contributed by atoms with Gasteiger partial charge in [-0.05, 0) is 66.6 Å². The molecule has 0 unspecified atom stereocenters. The molecule has 1 amide bonds. The summed E-state index contributed by atoms with van der Waals surface area (Å²) in [5.74, 6) is 0.479. The van der Waals surface area contributed by atoms with E-state index in [1.54, 1.807) is 53.1 Å². The minimum absolute atomic E-state index is 0.0654. The molecule has 154 valence electrons. The average molecular weight is 503 g/mol. The maximum Gasteiger partial charge on any atom is 0.261 e. The Bertz CT molecular complexity index is 1180. The molecular formula is C22H19BrN2O3S2. The highest BCUT2D eigenvalue weighted by Gasteiger charge is 2.34. The highest BCUT2D eigenvalue weighted by molar-refractivity contribution is 9.10. The van der Waals surface area contributed by atoms with Crippen molar-refractivity contribution in [2.75, 3.05) is 15.4 Å². The molecule has 1 fully saturated rings. The zero-order valence-corrected chi connectivity index (χ0v) is 19.3. The van der Waals surface area contributed by atoms with Crippen molar-refractivity contribution < 1.29 is 13.2 Å². The number of sulfonamides is 1. The van der Waals surface area contributed by atoms with E-state index in [1.807, 2.05) is 43.3 Å². The fraction of sp³-hybridized carbons (Fsp3) is 0.136. The first-order valence-corrected chi connectivity index (χ1v) is 12.5. The van der Waals surface area contributed by atoms with Crippen LogP contribution in [0, 0.1) is 6.92 Å². The lowest BCUT2D eigenvalue weighted by Gasteiger charge is -2.25. The molecule has 1 saturated heterocycles. The van der Waals surface area contributed by atoms with E-state index in [4.69, 9.17) is 0 Å². The molecule has 1 N–H and O–H groups in total. The quantitative estimate of drug-likeness (QED) is 0.511. The summed E-state index contributed by atoms with van der Waals surface area (Å²) < 4.78 is 28.6. The van der Waals surface area contributed by atoms with Gasteiger partial charge in [-0.25, -0.2) is 8.42 Å². The zero-order chi connectivity index (χ0) is 21.3. The predicted molar refractivity (Wildman–Crippen MR) is 125 cm³/mol. The van der Waals surface area contributed by atoms with Gasteiger partial charge in [0.05, 0.1) is 10.6 Å². The number of anilines is 2. The van der Waals surface area contributed by atoms with Gasteiger partial charge < -0.3 is 0 Å². The van der Waals surface area contributed by atoms with E-state index >= 15 is 0 Å². The topological polar surface area (TPSA) is 66.5 Å². The van der Waals surface area contributed by atoms with Crippen LogP contribution in [0.15, 0.2) is 82.2 Å². The lowest BCUT2D eigenvalue weighted by Crippen LogP contribution is -2.27. The summed E-state index contributed by atoms with van der Waals surface area (Å²) in [6.07, 6.45) is 0. The Hall–Kier alpha value is -2.29. The molecule has 3 aromatic rings. The molecule has 1 heterocycles. The number of thioether (sulfide) groups is 1. The van der Waals surface area contributed by atoms with Crippen molar-refractivity contribution in [2.45, 2.75) is 17.2 Å². The van der Waals surface area contributed by atoms with Crippen LogP contribution in [0.3, 0.4) is 0 Å². The van der Waals surface area contributed by atoms with Crippen LogP contribution in [0.4, 0.5) is 11.4 Å². The summed E-state index contributed by atoms with van der Waals surface area (Å²) in [5, 5.41) is -0.142. The van der Waals surface area contributed by atoms with Gasteiger partial charge in [0.1, 0.15) is 5.37 Å². The molecule has 0 radical (unpaired) electrons. The van der Waals surface area contributed by atoms with Gasteiger partial charge in [0.15, 0.2) is 0 Å². The van der Waals surface area contributed by atoms with Gasteiger partial charge in [-0.15, -0.1) is 11.8 Å². The number of carbonyl (C=O) groups is 1. The highest BCUT2D eigenvalue weighted by atomic mass is 79.9. The van der Waals surface area contributed by atoms with Gasteiger partial charge >= 0.3 is 0 Å². The first-order valence-electron chi connectivity index (χ1n) is 9.22. The third kappa shape index (κ3) is 4.40. The molecule has 1 aliphatic rings. The number of rotatable bonds is 5. The molecule has 0 aromatic heterocycles. The molecule has 0 saturated carbocycles. The Morgan fingerprint density at radius 1 is 1.03 bits per heavy atom. The summed E-state index contributed by atoms with van der Waals surface area (Å²) in [6.45, 7) is 2.00. The van der Waals surface area contributed by atoms with Crippen LogP contribution in [-0.2, 0) is 14.8 Å². The standard InChI is InChI=1S/C22H19BrN2O3S2/c1-15-3-2-4-19(13-15)25-21(26)14-29-22(25)16-5-9-18(10-6-16)24-30(27,28)20-11-7-17(23)8-12-20/h2-13,22,24H,14H2,1H3/t22-/m1/s1. The fourth-order valence-electron chi connectivity index (χ4n) is 3.27. The van der Waals surface area contributed by atoms with Crippen molar-refractivity contribution in [1.29, 1.82) is 0 Å². The molecule has 5 nitrogen and oxygen atoms in total. The third-order valence-electron chi connectivity index (χ3n) is 4.72. The summed E-state index contributed by atoms with van der Waals surface area (Å²) in [7, 11) is -3.67. The fourth-order valence-corrected chi connectivity index (χ4v) is 5.77. The minimum Gasteiger partial charge on any atom is -0.295 e. The predicted octanol–water partition coefficient (Wildman–Crippen LogP) is 5.34. The third-order valence-corrected chi connectivity index (χ3v) is 7.86. The van der Waals surface area contributed by atoms with Crippen molar-refractivity contribution >= 4 is 55.0 Å². The van der Waals surface area contributed by atoms with E-state index in [2.05, 4.69) is 20.7 Å². The molecule has 1 aliphatic heterocycles. The lowest BCUT2D eigenvalue weighted by atomic mass is 10.1. The van der Waals surface area contributed by atoms with Crippen molar-refractivity contribution in [1.82, 2.24) is 0 Å². The molecular weight excluding hydrogens is 484 g/mol.